The summed E-state index contributed by atoms with van der Waals surface area (Å²) in [6.07, 6.45) is -9.29. The molecule has 0 aliphatic carbocycles. The van der Waals surface area contributed by atoms with Crippen molar-refractivity contribution in [2.75, 3.05) is 0 Å². The second kappa shape index (κ2) is 7.66. The Morgan fingerprint density at radius 1 is 0.893 bits per heavy atom. The minimum absolute atomic E-state index is 0.249. The van der Waals surface area contributed by atoms with Gasteiger partial charge in [0, 0.05) is 0 Å². The Morgan fingerprint density at radius 3 is 2.04 bits per heavy atom. The number of carbonyl (C=O) groups excluding carboxylic acids is 1. The summed E-state index contributed by atoms with van der Waals surface area (Å²) in [6, 6.07) is 8.22. The van der Waals surface area contributed by atoms with Crippen molar-refractivity contribution >= 4 is 22.0 Å². The first kappa shape index (κ1) is 21.5. The fourth-order valence-corrected chi connectivity index (χ4v) is 2.88. The summed E-state index contributed by atoms with van der Waals surface area (Å²) in [5.74, 6) is -1.71. The highest BCUT2D eigenvalue weighted by atomic mass is 32.2. The van der Waals surface area contributed by atoms with Gasteiger partial charge in [-0.05, 0) is 29.8 Å². The number of amides is 1. The molecule has 0 spiro atoms. The van der Waals surface area contributed by atoms with Gasteiger partial charge in [0.25, 0.3) is 15.9 Å². The Hall–Kier alpha value is -2.82. The number of nitrogens with one attached hydrogen (secondary N) is 1. The van der Waals surface area contributed by atoms with E-state index >= 15 is 0 Å². The smallest absolute Gasteiger partial charge is 0.268 e. The van der Waals surface area contributed by atoms with Gasteiger partial charge < -0.3 is 0 Å². The summed E-state index contributed by atoms with van der Waals surface area (Å²) in [7, 11) is -4.50. The third-order valence-electron chi connectivity index (χ3n) is 3.37. The van der Waals surface area contributed by atoms with Gasteiger partial charge in [-0.2, -0.15) is 26.3 Å². The first-order valence-corrected chi connectivity index (χ1v) is 8.93. The van der Waals surface area contributed by atoms with Crippen LogP contribution in [0.2, 0.25) is 0 Å². The Bertz CT molecular complexity index is 996. The van der Waals surface area contributed by atoms with Crippen LogP contribution in [0.4, 0.5) is 26.3 Å². The van der Waals surface area contributed by atoms with Gasteiger partial charge in [0.1, 0.15) is 0 Å². The molecule has 0 bridgehead atoms. The maximum absolute atomic E-state index is 13.1. The molecule has 0 saturated carbocycles. The number of sulfonamides is 1. The van der Waals surface area contributed by atoms with Gasteiger partial charge in [-0.25, -0.2) is 13.1 Å². The van der Waals surface area contributed by atoms with Crippen LogP contribution in [0.15, 0.2) is 53.9 Å². The zero-order valence-corrected chi connectivity index (χ0v) is 14.5. The van der Waals surface area contributed by atoms with E-state index in [-0.39, 0.29) is 18.2 Å². The van der Waals surface area contributed by atoms with E-state index in [0.29, 0.717) is 11.0 Å². The Morgan fingerprint density at radius 2 is 1.50 bits per heavy atom. The van der Waals surface area contributed by atoms with Crippen LogP contribution in [-0.2, 0) is 22.4 Å². The van der Waals surface area contributed by atoms with Crippen LogP contribution >= 0.6 is 0 Å². The second-order valence-corrected chi connectivity index (χ2v) is 7.01. The fourth-order valence-electron chi connectivity index (χ4n) is 2.10. The van der Waals surface area contributed by atoms with Crippen LogP contribution in [0.5, 0.6) is 0 Å². The van der Waals surface area contributed by atoms with Gasteiger partial charge in [-0.1, -0.05) is 30.3 Å². The Kier molecular flexibility index (Phi) is 5.88. The number of alkyl halides is 6. The summed E-state index contributed by atoms with van der Waals surface area (Å²) >= 11 is 0. The molecule has 0 saturated heterocycles. The lowest BCUT2D eigenvalue weighted by Gasteiger charge is -2.15. The maximum atomic E-state index is 13.1. The highest BCUT2D eigenvalue weighted by molar-refractivity contribution is 7.93. The summed E-state index contributed by atoms with van der Waals surface area (Å²) in [5.41, 5.74) is -4.34. The minimum Gasteiger partial charge on any atom is -0.268 e. The molecule has 0 heterocycles. The zero-order valence-electron chi connectivity index (χ0n) is 13.7. The summed E-state index contributed by atoms with van der Waals surface area (Å²) in [5, 5.41) is 0.553. The summed E-state index contributed by atoms with van der Waals surface area (Å²) < 4.78 is 102. The number of carbonyl (C=O) groups is 1. The number of benzene rings is 2. The van der Waals surface area contributed by atoms with Gasteiger partial charge in [0.15, 0.2) is 0 Å². The Balaban J connectivity index is 2.34. The molecule has 28 heavy (non-hydrogen) atoms. The van der Waals surface area contributed by atoms with Crippen LogP contribution in [0.3, 0.4) is 0 Å². The monoisotopic (exact) mass is 423 g/mol. The maximum Gasteiger partial charge on any atom is 0.417 e. The molecule has 11 heteroatoms. The van der Waals surface area contributed by atoms with E-state index in [4.69, 9.17) is 0 Å². The molecular weight excluding hydrogens is 412 g/mol. The lowest BCUT2D eigenvalue weighted by molar-refractivity contribution is -0.143. The molecule has 2 aromatic rings. The molecular formula is C17H11F6NO3S. The zero-order chi connectivity index (χ0) is 21.2. The van der Waals surface area contributed by atoms with Crippen molar-refractivity contribution in [3.05, 3.63) is 76.2 Å². The molecule has 0 aliphatic heterocycles. The largest absolute Gasteiger partial charge is 0.417 e. The number of hydrogen-bond donors (Lipinski definition) is 1. The van der Waals surface area contributed by atoms with Crippen LogP contribution in [0.25, 0.3) is 6.08 Å². The van der Waals surface area contributed by atoms with Crippen molar-refractivity contribution in [1.82, 2.24) is 4.72 Å². The first-order chi connectivity index (χ1) is 12.8. The van der Waals surface area contributed by atoms with Crippen LogP contribution in [0, 0.1) is 0 Å². The highest BCUT2D eigenvalue weighted by Gasteiger charge is 2.39. The van der Waals surface area contributed by atoms with Gasteiger partial charge in [0.2, 0.25) is 0 Å². The number of rotatable bonds is 4. The van der Waals surface area contributed by atoms with E-state index in [9.17, 15) is 39.6 Å². The fraction of sp³-hybridized carbons (Fsp3) is 0.118. The third kappa shape index (κ3) is 5.59. The SMILES string of the molecule is O=C(NS(=O)(=O)/C=C/c1ccccc1)c1ccc(C(F)(F)F)cc1C(F)(F)F. The van der Waals surface area contributed by atoms with Crippen LogP contribution in [0.1, 0.15) is 27.0 Å². The van der Waals surface area contributed by atoms with Crippen LogP contribution in [-0.4, -0.2) is 14.3 Å². The molecule has 2 aromatic carbocycles. The van der Waals surface area contributed by atoms with E-state index in [1.807, 2.05) is 0 Å². The van der Waals surface area contributed by atoms with Crippen LogP contribution < -0.4 is 4.72 Å². The van der Waals surface area contributed by atoms with E-state index in [0.717, 1.165) is 6.08 Å². The molecule has 150 valence electrons. The summed E-state index contributed by atoms with van der Waals surface area (Å²) in [4.78, 5) is 12.0. The van der Waals surface area contributed by atoms with Crippen molar-refractivity contribution in [3.8, 4) is 0 Å². The molecule has 2 rings (SSSR count). The molecule has 0 radical (unpaired) electrons. The van der Waals surface area contributed by atoms with E-state index in [1.165, 1.54) is 16.9 Å². The molecule has 4 nitrogen and oxygen atoms in total. The van der Waals surface area contributed by atoms with Gasteiger partial charge in [-0.3, -0.25) is 4.79 Å². The second-order valence-electron chi connectivity index (χ2n) is 5.45. The molecule has 0 aliphatic rings. The van der Waals surface area contributed by atoms with Gasteiger partial charge in [0.05, 0.1) is 22.1 Å². The Labute approximate surface area is 155 Å². The number of hydrogen-bond acceptors (Lipinski definition) is 3. The molecule has 1 N–H and O–H groups in total. The molecule has 0 fully saturated rings. The van der Waals surface area contributed by atoms with Gasteiger partial charge >= 0.3 is 12.4 Å². The van der Waals surface area contributed by atoms with E-state index in [1.54, 1.807) is 18.2 Å². The summed E-state index contributed by atoms with van der Waals surface area (Å²) in [6.45, 7) is 0. The van der Waals surface area contributed by atoms with E-state index < -0.39 is 45.0 Å². The molecule has 0 atom stereocenters. The van der Waals surface area contributed by atoms with Crippen molar-refractivity contribution < 1.29 is 39.6 Å². The minimum atomic E-state index is -5.31. The molecule has 0 unspecified atom stereocenters. The number of halogens is 6. The predicted molar refractivity (Wildman–Crippen MR) is 88.3 cm³/mol. The average Bonchev–Trinajstić information content (AvgIpc) is 2.58. The van der Waals surface area contributed by atoms with E-state index in [2.05, 4.69) is 0 Å². The highest BCUT2D eigenvalue weighted by Crippen LogP contribution is 2.37. The molecule has 1 amide bonds. The predicted octanol–water partition coefficient (Wildman–Crippen LogP) is 4.45. The van der Waals surface area contributed by atoms with Gasteiger partial charge in [-0.15, -0.1) is 0 Å². The van der Waals surface area contributed by atoms with Crippen molar-refractivity contribution in [3.63, 3.8) is 0 Å². The molecule has 0 aromatic heterocycles. The lowest BCUT2D eigenvalue weighted by atomic mass is 10.0. The van der Waals surface area contributed by atoms with Crippen molar-refractivity contribution in [1.29, 1.82) is 0 Å². The topological polar surface area (TPSA) is 63.2 Å². The normalized spacial score (nSPS) is 12.9. The lowest BCUT2D eigenvalue weighted by Crippen LogP contribution is -2.31. The van der Waals surface area contributed by atoms with Crippen molar-refractivity contribution in [2.45, 2.75) is 12.4 Å². The third-order valence-corrected chi connectivity index (χ3v) is 4.34. The average molecular weight is 423 g/mol. The quantitative estimate of drug-likeness (QED) is 0.739. The standard InChI is InChI=1S/C17H11F6NO3S/c18-16(19,20)12-6-7-13(14(10-12)17(21,22)23)15(25)24-28(26,27)9-8-11-4-2-1-3-5-11/h1-10H,(H,24,25)/b9-8+. The first-order valence-electron chi connectivity index (χ1n) is 7.38. The van der Waals surface area contributed by atoms with Crippen molar-refractivity contribution in [2.24, 2.45) is 0 Å².